The second kappa shape index (κ2) is 3.32. The average molecular weight is 170 g/mol. The monoisotopic (exact) mass is 170 g/mol. The number of aliphatic hydroxyl groups is 1. The Hall–Kier alpha value is -0.120. The molecule has 2 aliphatic heterocycles. The summed E-state index contributed by atoms with van der Waals surface area (Å²) in [6, 6.07) is 0.574. The topological polar surface area (TPSA) is 35.5 Å². The molecule has 0 aromatic rings. The highest BCUT2D eigenvalue weighted by atomic mass is 16.3. The van der Waals surface area contributed by atoms with E-state index < -0.39 is 0 Å². The first-order chi connectivity index (χ1) is 5.77. The van der Waals surface area contributed by atoms with E-state index in [0.29, 0.717) is 12.0 Å². The summed E-state index contributed by atoms with van der Waals surface area (Å²) in [7, 11) is 2.14. The summed E-state index contributed by atoms with van der Waals surface area (Å²) in [6.45, 7) is 3.21. The lowest BCUT2D eigenvalue weighted by atomic mass is 9.83. The van der Waals surface area contributed by atoms with Crippen molar-refractivity contribution >= 4 is 0 Å². The number of piperidine rings is 2. The summed E-state index contributed by atoms with van der Waals surface area (Å²) in [5.41, 5.74) is 0. The Bertz CT molecular complexity index is 163. The molecular weight excluding hydrogens is 152 g/mol. The maximum atomic E-state index is 9.76. The molecule has 2 heterocycles. The maximum absolute atomic E-state index is 9.76. The molecule has 3 nitrogen and oxygen atoms in total. The minimum atomic E-state index is -0.0704. The third kappa shape index (κ3) is 1.49. The zero-order chi connectivity index (χ0) is 8.55. The van der Waals surface area contributed by atoms with Crippen molar-refractivity contribution in [2.45, 2.75) is 25.0 Å². The summed E-state index contributed by atoms with van der Waals surface area (Å²) >= 11 is 0. The standard InChI is InChI=1S/C9H18N2O/c1-11-5-3-8-7(6-11)9(12)2-4-10-8/h7-10,12H,2-6H2,1H3. The van der Waals surface area contributed by atoms with Gasteiger partial charge in [-0.25, -0.2) is 0 Å². The van der Waals surface area contributed by atoms with E-state index in [1.54, 1.807) is 0 Å². The fourth-order valence-corrected chi connectivity index (χ4v) is 2.43. The number of nitrogens with zero attached hydrogens (tertiary/aromatic N) is 1. The SMILES string of the molecule is CN1CCC2NCCC(O)C2C1. The molecule has 0 spiro atoms. The van der Waals surface area contributed by atoms with Gasteiger partial charge in [0.2, 0.25) is 0 Å². The van der Waals surface area contributed by atoms with Crippen molar-refractivity contribution in [2.75, 3.05) is 26.7 Å². The van der Waals surface area contributed by atoms with Crippen molar-refractivity contribution in [2.24, 2.45) is 5.92 Å². The van der Waals surface area contributed by atoms with Crippen LogP contribution in [0, 0.1) is 5.92 Å². The van der Waals surface area contributed by atoms with Gasteiger partial charge in [-0.05, 0) is 33.0 Å². The van der Waals surface area contributed by atoms with Gasteiger partial charge in [0, 0.05) is 18.5 Å². The molecule has 2 N–H and O–H groups in total. The quantitative estimate of drug-likeness (QED) is 0.522. The van der Waals surface area contributed by atoms with Gasteiger partial charge in [0.1, 0.15) is 0 Å². The number of hydrogen-bond acceptors (Lipinski definition) is 3. The van der Waals surface area contributed by atoms with Crippen LogP contribution >= 0.6 is 0 Å². The van der Waals surface area contributed by atoms with Gasteiger partial charge < -0.3 is 15.3 Å². The van der Waals surface area contributed by atoms with E-state index >= 15 is 0 Å². The number of hydrogen-bond donors (Lipinski definition) is 2. The summed E-state index contributed by atoms with van der Waals surface area (Å²) in [5.74, 6) is 0.470. The third-order valence-electron chi connectivity index (χ3n) is 3.20. The fourth-order valence-electron chi connectivity index (χ4n) is 2.43. The van der Waals surface area contributed by atoms with Crippen LogP contribution in [0.15, 0.2) is 0 Å². The molecule has 0 saturated carbocycles. The lowest BCUT2D eigenvalue weighted by Crippen LogP contribution is -2.56. The van der Waals surface area contributed by atoms with Gasteiger partial charge in [-0.1, -0.05) is 0 Å². The second-order valence-electron chi connectivity index (χ2n) is 4.13. The molecule has 0 amide bonds. The summed E-state index contributed by atoms with van der Waals surface area (Å²) in [5, 5.41) is 13.2. The Morgan fingerprint density at radius 3 is 3.08 bits per heavy atom. The number of likely N-dealkylation sites (tertiary alicyclic amines) is 1. The maximum Gasteiger partial charge on any atom is 0.0607 e. The van der Waals surface area contributed by atoms with Crippen molar-refractivity contribution in [3.63, 3.8) is 0 Å². The Kier molecular flexibility index (Phi) is 2.35. The molecule has 3 heteroatoms. The van der Waals surface area contributed by atoms with E-state index in [-0.39, 0.29) is 6.10 Å². The minimum Gasteiger partial charge on any atom is -0.393 e. The normalized spacial score (nSPS) is 44.0. The van der Waals surface area contributed by atoms with Gasteiger partial charge in [0.15, 0.2) is 0 Å². The van der Waals surface area contributed by atoms with Crippen molar-refractivity contribution in [3.8, 4) is 0 Å². The van der Waals surface area contributed by atoms with Crippen molar-refractivity contribution in [3.05, 3.63) is 0 Å². The third-order valence-corrected chi connectivity index (χ3v) is 3.20. The van der Waals surface area contributed by atoms with Crippen LogP contribution in [0.1, 0.15) is 12.8 Å². The number of aliphatic hydroxyl groups excluding tert-OH is 1. The van der Waals surface area contributed by atoms with Crippen LogP contribution in [0.4, 0.5) is 0 Å². The van der Waals surface area contributed by atoms with E-state index in [9.17, 15) is 5.11 Å². The lowest BCUT2D eigenvalue weighted by Gasteiger charge is -2.43. The van der Waals surface area contributed by atoms with Crippen molar-refractivity contribution in [1.82, 2.24) is 10.2 Å². The molecule has 3 atom stereocenters. The van der Waals surface area contributed by atoms with Crippen LogP contribution in [0.5, 0.6) is 0 Å². The van der Waals surface area contributed by atoms with E-state index in [2.05, 4.69) is 17.3 Å². The molecule has 2 saturated heterocycles. The predicted octanol–water partition coefficient (Wildman–Crippen LogP) is -0.339. The number of fused-ring (bicyclic) bond motifs is 1. The Morgan fingerprint density at radius 2 is 2.25 bits per heavy atom. The molecule has 70 valence electrons. The van der Waals surface area contributed by atoms with Crippen LogP contribution in [-0.4, -0.2) is 48.8 Å². The summed E-state index contributed by atoms with van der Waals surface area (Å²) in [6.07, 6.45) is 2.05. The van der Waals surface area contributed by atoms with Crippen molar-refractivity contribution in [1.29, 1.82) is 0 Å². The van der Waals surface area contributed by atoms with Crippen LogP contribution in [0.2, 0.25) is 0 Å². The van der Waals surface area contributed by atoms with E-state index in [4.69, 9.17) is 0 Å². The first kappa shape index (κ1) is 8.48. The van der Waals surface area contributed by atoms with Gasteiger partial charge >= 0.3 is 0 Å². The molecule has 0 aliphatic carbocycles. The van der Waals surface area contributed by atoms with Crippen LogP contribution in [-0.2, 0) is 0 Å². The largest absolute Gasteiger partial charge is 0.393 e. The zero-order valence-electron chi connectivity index (χ0n) is 7.66. The Morgan fingerprint density at radius 1 is 1.42 bits per heavy atom. The first-order valence-corrected chi connectivity index (χ1v) is 4.87. The molecule has 0 radical (unpaired) electrons. The highest BCUT2D eigenvalue weighted by Crippen LogP contribution is 2.24. The van der Waals surface area contributed by atoms with Gasteiger partial charge in [0.05, 0.1) is 6.10 Å². The first-order valence-electron chi connectivity index (χ1n) is 4.87. The molecule has 2 fully saturated rings. The molecule has 2 aliphatic rings. The molecule has 12 heavy (non-hydrogen) atoms. The van der Waals surface area contributed by atoms with Crippen LogP contribution in [0.25, 0.3) is 0 Å². The molecule has 0 bridgehead atoms. The molecule has 3 unspecified atom stereocenters. The van der Waals surface area contributed by atoms with Gasteiger partial charge in [-0.2, -0.15) is 0 Å². The van der Waals surface area contributed by atoms with Gasteiger partial charge in [0.25, 0.3) is 0 Å². The second-order valence-corrected chi connectivity index (χ2v) is 4.13. The lowest BCUT2D eigenvalue weighted by molar-refractivity contribution is 0.0100. The van der Waals surface area contributed by atoms with E-state index in [1.807, 2.05) is 0 Å². The number of rotatable bonds is 0. The smallest absolute Gasteiger partial charge is 0.0607 e. The predicted molar refractivity (Wildman–Crippen MR) is 48.0 cm³/mol. The molecule has 0 aromatic heterocycles. The summed E-state index contributed by atoms with van der Waals surface area (Å²) < 4.78 is 0. The number of nitrogens with one attached hydrogen (secondary N) is 1. The van der Waals surface area contributed by atoms with Gasteiger partial charge in [-0.15, -0.1) is 0 Å². The highest BCUT2D eigenvalue weighted by molar-refractivity contribution is 4.91. The molecular formula is C9H18N2O. The average Bonchev–Trinajstić information content (AvgIpc) is 2.07. The highest BCUT2D eigenvalue weighted by Gasteiger charge is 2.35. The van der Waals surface area contributed by atoms with E-state index in [0.717, 1.165) is 19.5 Å². The summed E-state index contributed by atoms with van der Waals surface area (Å²) in [4.78, 5) is 2.32. The molecule has 0 aromatic carbocycles. The van der Waals surface area contributed by atoms with Gasteiger partial charge in [-0.3, -0.25) is 0 Å². The minimum absolute atomic E-state index is 0.0704. The van der Waals surface area contributed by atoms with Crippen molar-refractivity contribution < 1.29 is 5.11 Å². The Balaban J connectivity index is 2.00. The van der Waals surface area contributed by atoms with E-state index in [1.165, 1.54) is 13.0 Å². The van der Waals surface area contributed by atoms with Crippen LogP contribution < -0.4 is 5.32 Å². The fraction of sp³-hybridized carbons (Fsp3) is 1.00. The van der Waals surface area contributed by atoms with Crippen LogP contribution in [0.3, 0.4) is 0 Å². The Labute approximate surface area is 73.8 Å². The zero-order valence-corrected chi connectivity index (χ0v) is 7.66. The molecule has 2 rings (SSSR count).